The molecule has 0 bridgehead atoms. The molecule has 2 aromatic carbocycles. The normalized spacial score (nSPS) is 15.7. The van der Waals surface area contributed by atoms with E-state index >= 15 is 0 Å². The highest BCUT2D eigenvalue weighted by Crippen LogP contribution is 2.34. The van der Waals surface area contributed by atoms with Crippen LogP contribution in [0, 0.1) is 0 Å². The van der Waals surface area contributed by atoms with Gasteiger partial charge in [0.05, 0.1) is 17.1 Å². The van der Waals surface area contributed by atoms with Gasteiger partial charge in [0.25, 0.3) is 5.91 Å². The van der Waals surface area contributed by atoms with Crippen LogP contribution in [0.2, 0.25) is 0 Å². The summed E-state index contributed by atoms with van der Waals surface area (Å²) in [7, 11) is 0. The molecule has 2 aliphatic heterocycles. The minimum atomic E-state index is -0.411. The lowest BCUT2D eigenvalue weighted by Gasteiger charge is -2.22. The van der Waals surface area contributed by atoms with Crippen molar-refractivity contribution in [1.82, 2.24) is 5.06 Å². The van der Waals surface area contributed by atoms with Crippen molar-refractivity contribution in [3.8, 4) is 0 Å². The number of nitrogens with zero attached hydrogens (tertiary/aromatic N) is 4. The Morgan fingerprint density at radius 3 is 2.22 bits per heavy atom. The first kappa shape index (κ1) is 34.1. The minimum Gasteiger partial charge on any atom is -0.334 e. The maximum atomic E-state index is 12.1. The molecule has 46 heavy (non-hydrogen) atoms. The molecule has 0 spiro atoms. The van der Waals surface area contributed by atoms with Gasteiger partial charge in [-0.2, -0.15) is 0 Å². The molecular formula is C38H41N4O3S+. The smallest absolute Gasteiger partial charge is 0.333 e. The van der Waals surface area contributed by atoms with E-state index in [2.05, 4.69) is 48.1 Å². The molecule has 2 aliphatic rings. The zero-order chi connectivity index (χ0) is 32.9. The number of aliphatic imine (C=N–C) groups is 1. The molecule has 3 aromatic rings. The monoisotopic (exact) mass is 633 g/mol. The summed E-state index contributed by atoms with van der Waals surface area (Å²) in [4.78, 5) is 34.2. The van der Waals surface area contributed by atoms with E-state index in [9.17, 15) is 9.59 Å². The number of benzene rings is 2. The quantitative estimate of drug-likeness (QED) is 0.122. The van der Waals surface area contributed by atoms with Crippen molar-refractivity contribution in [3.05, 3.63) is 138 Å². The van der Waals surface area contributed by atoms with Gasteiger partial charge in [0.1, 0.15) is 12.3 Å². The van der Waals surface area contributed by atoms with Gasteiger partial charge < -0.3 is 4.84 Å². The van der Waals surface area contributed by atoms with Gasteiger partial charge in [-0.15, -0.1) is 5.06 Å². The Morgan fingerprint density at radius 2 is 1.61 bits per heavy atom. The van der Waals surface area contributed by atoms with Gasteiger partial charge in [-0.25, -0.2) is 18.8 Å². The van der Waals surface area contributed by atoms with Crippen LogP contribution >= 0.6 is 11.9 Å². The average molecular weight is 634 g/mol. The van der Waals surface area contributed by atoms with Crippen molar-refractivity contribution >= 4 is 46.9 Å². The van der Waals surface area contributed by atoms with E-state index in [1.54, 1.807) is 0 Å². The number of hydrogen-bond acceptors (Lipinski definition) is 6. The van der Waals surface area contributed by atoms with Crippen molar-refractivity contribution in [1.29, 1.82) is 0 Å². The predicted octanol–water partition coefficient (Wildman–Crippen LogP) is 7.97. The second-order valence-corrected chi connectivity index (χ2v) is 11.0. The van der Waals surface area contributed by atoms with Gasteiger partial charge in [-0.3, -0.25) is 4.79 Å². The summed E-state index contributed by atoms with van der Waals surface area (Å²) in [5.74, 6) is -0.627. The SMILES string of the molecule is C=C1C(c2ccccc2)=C(/C=C/c2cc[n+](CCCCC(=O)ON3C(=C)CCC3=O)cc2)N=C(c2ccccc2)/C1=N/SC.CC. The number of amides is 1. The van der Waals surface area contributed by atoms with Crippen LogP contribution in [-0.4, -0.2) is 34.6 Å². The van der Waals surface area contributed by atoms with Crippen LogP contribution in [0.5, 0.6) is 0 Å². The first-order valence-corrected chi connectivity index (χ1v) is 16.8. The van der Waals surface area contributed by atoms with E-state index in [1.807, 2.05) is 87.1 Å². The molecule has 0 saturated carbocycles. The second-order valence-electron chi connectivity index (χ2n) is 10.4. The van der Waals surface area contributed by atoms with Crippen molar-refractivity contribution in [2.45, 2.75) is 52.5 Å². The highest BCUT2D eigenvalue weighted by molar-refractivity contribution is 7.97. The lowest BCUT2D eigenvalue weighted by atomic mass is 9.87. The molecule has 1 aromatic heterocycles. The molecule has 7 nitrogen and oxygen atoms in total. The van der Waals surface area contributed by atoms with Crippen LogP contribution in [0.15, 0.2) is 131 Å². The average Bonchev–Trinajstić information content (AvgIpc) is 3.41. The summed E-state index contributed by atoms with van der Waals surface area (Å²) >= 11 is 1.40. The van der Waals surface area contributed by atoms with Gasteiger partial charge >= 0.3 is 5.97 Å². The molecule has 236 valence electrons. The van der Waals surface area contributed by atoms with Gasteiger partial charge in [-0.1, -0.05) is 93.7 Å². The van der Waals surface area contributed by atoms with E-state index < -0.39 is 5.97 Å². The van der Waals surface area contributed by atoms with Crippen LogP contribution in [0.3, 0.4) is 0 Å². The lowest BCUT2D eigenvalue weighted by molar-refractivity contribution is -0.697. The van der Waals surface area contributed by atoms with Crippen LogP contribution in [0.4, 0.5) is 0 Å². The van der Waals surface area contributed by atoms with Crippen LogP contribution < -0.4 is 4.57 Å². The second kappa shape index (κ2) is 17.0. The van der Waals surface area contributed by atoms with E-state index in [0.717, 1.165) is 63.0 Å². The summed E-state index contributed by atoms with van der Waals surface area (Å²) in [6, 6.07) is 24.4. The van der Waals surface area contributed by atoms with Crippen molar-refractivity contribution in [2.75, 3.05) is 6.26 Å². The number of aromatic nitrogens is 1. The third-order valence-electron chi connectivity index (χ3n) is 7.32. The zero-order valence-electron chi connectivity index (χ0n) is 26.8. The van der Waals surface area contributed by atoms with Gasteiger partial charge in [-0.05, 0) is 42.0 Å². The molecule has 5 rings (SSSR count). The number of unbranched alkanes of at least 4 members (excludes halogenated alkanes) is 1. The van der Waals surface area contributed by atoms with Crippen LogP contribution in [0.25, 0.3) is 11.6 Å². The zero-order valence-corrected chi connectivity index (χ0v) is 27.6. The van der Waals surface area contributed by atoms with Crippen LogP contribution in [0.1, 0.15) is 62.6 Å². The fraction of sp³-hybridized carbons (Fsp3) is 0.237. The standard InChI is InChI=1S/C36H35N4O3S.C2H6/c1-26-17-20-32(41)40(26)43-33(42)16-10-11-23-39-24-21-28(22-25-39)18-19-31-34(29-12-6-4-7-13-29)27(2)35(38-44-3)36(37-31)30-14-8-5-9-15-30;1-2/h4-9,12-15,18-19,21-22,24-25H,1-2,10-11,16-17,20,23H2,3H3;1-2H3/q+1;/b19-18+,38-35+;. The fourth-order valence-corrected chi connectivity index (χ4v) is 5.42. The number of rotatable bonds is 11. The Hall–Kier alpha value is -4.82. The van der Waals surface area contributed by atoms with Gasteiger partial charge in [0.2, 0.25) is 0 Å². The van der Waals surface area contributed by atoms with Crippen LogP contribution in [-0.2, 0) is 21.0 Å². The Bertz CT molecular complexity index is 1660. The number of hydroxylamine groups is 2. The van der Waals surface area contributed by atoms with Crippen molar-refractivity contribution in [3.63, 3.8) is 0 Å². The Balaban J connectivity index is 0.00000235. The topological polar surface area (TPSA) is 75.2 Å². The number of carbonyl (C=O) groups excluding carboxylic acids is 2. The maximum Gasteiger partial charge on any atom is 0.333 e. The number of aryl methyl sites for hydroxylation is 1. The fourth-order valence-electron chi connectivity index (χ4n) is 5.04. The Kier molecular flexibility index (Phi) is 12.6. The molecule has 8 heteroatoms. The summed E-state index contributed by atoms with van der Waals surface area (Å²) in [6.45, 7) is 13.0. The molecule has 0 radical (unpaired) electrons. The van der Waals surface area contributed by atoms with Gasteiger partial charge in [0.15, 0.2) is 12.4 Å². The predicted molar refractivity (Wildman–Crippen MR) is 189 cm³/mol. The van der Waals surface area contributed by atoms with Crippen molar-refractivity contribution in [2.24, 2.45) is 9.39 Å². The molecule has 0 N–H and O–H groups in total. The highest BCUT2D eigenvalue weighted by atomic mass is 32.2. The molecule has 1 fully saturated rings. The molecular weight excluding hydrogens is 593 g/mol. The van der Waals surface area contributed by atoms with Crippen molar-refractivity contribution < 1.29 is 19.0 Å². The maximum absolute atomic E-state index is 12.1. The van der Waals surface area contributed by atoms with E-state index in [-0.39, 0.29) is 12.3 Å². The Morgan fingerprint density at radius 1 is 0.957 bits per heavy atom. The number of allylic oxidation sites excluding steroid dienone is 4. The van der Waals surface area contributed by atoms with Gasteiger partial charge in [0, 0.05) is 54.4 Å². The highest BCUT2D eigenvalue weighted by Gasteiger charge is 2.28. The summed E-state index contributed by atoms with van der Waals surface area (Å²) in [5.41, 5.74) is 7.79. The molecule has 1 saturated heterocycles. The summed E-state index contributed by atoms with van der Waals surface area (Å²) in [6.07, 6.45) is 12.7. The lowest BCUT2D eigenvalue weighted by Crippen LogP contribution is -2.32. The first-order valence-electron chi connectivity index (χ1n) is 15.6. The van der Waals surface area contributed by atoms with E-state index in [4.69, 9.17) is 14.2 Å². The summed E-state index contributed by atoms with van der Waals surface area (Å²) in [5, 5.41) is 1.04. The molecule has 0 atom stereocenters. The molecule has 3 heterocycles. The third kappa shape index (κ3) is 8.67. The molecule has 1 amide bonds. The minimum absolute atomic E-state index is 0.216. The first-order chi connectivity index (χ1) is 22.4. The number of hydrogen-bond donors (Lipinski definition) is 0. The number of carbonyl (C=O) groups is 2. The van der Waals surface area contributed by atoms with E-state index in [0.29, 0.717) is 25.0 Å². The molecule has 0 unspecified atom stereocenters. The third-order valence-corrected chi connectivity index (χ3v) is 7.69. The Labute approximate surface area is 276 Å². The van der Waals surface area contributed by atoms with E-state index in [1.165, 1.54) is 11.9 Å². The number of pyridine rings is 1. The molecule has 0 aliphatic carbocycles. The largest absolute Gasteiger partial charge is 0.334 e. The summed E-state index contributed by atoms with van der Waals surface area (Å²) < 4.78 is 6.81.